The molecule has 1 N–H and O–H groups in total. The van der Waals surface area contributed by atoms with E-state index >= 15 is 0 Å². The molecule has 5 aromatic rings. The van der Waals surface area contributed by atoms with Gasteiger partial charge in [-0.15, -0.1) is 0 Å². The lowest BCUT2D eigenvalue weighted by Gasteiger charge is -2.12. The summed E-state index contributed by atoms with van der Waals surface area (Å²) in [6.45, 7) is 3.95. The number of aldehydes is 2. The van der Waals surface area contributed by atoms with Crippen molar-refractivity contribution < 1.29 is 18.0 Å². The van der Waals surface area contributed by atoms with Gasteiger partial charge in [0.1, 0.15) is 4.90 Å². The first kappa shape index (κ1) is 25.5. The SMILES string of the molecule is Cc1ccccc1-c1cc(C=O)c[nH]1.Cc1ccccc1-c1cc(C=O)cn1S(=O)(=O)c1cccnc1. The molecule has 0 spiro atoms. The molecule has 0 atom stereocenters. The Morgan fingerprint density at radius 1 is 0.811 bits per heavy atom. The summed E-state index contributed by atoms with van der Waals surface area (Å²) in [7, 11) is -3.83. The molecule has 0 radical (unpaired) electrons. The van der Waals surface area contributed by atoms with Crippen molar-refractivity contribution >= 4 is 22.6 Å². The summed E-state index contributed by atoms with van der Waals surface area (Å²) >= 11 is 0. The number of aromatic amines is 1. The summed E-state index contributed by atoms with van der Waals surface area (Å²) in [4.78, 5) is 28.7. The van der Waals surface area contributed by atoms with Crippen molar-refractivity contribution in [2.24, 2.45) is 0 Å². The van der Waals surface area contributed by atoms with Crippen LogP contribution in [0.2, 0.25) is 0 Å². The van der Waals surface area contributed by atoms with E-state index in [1.54, 1.807) is 18.3 Å². The molecule has 37 heavy (non-hydrogen) atoms. The van der Waals surface area contributed by atoms with E-state index in [0.29, 0.717) is 23.1 Å². The first-order valence-electron chi connectivity index (χ1n) is 11.4. The summed E-state index contributed by atoms with van der Waals surface area (Å²) < 4.78 is 26.9. The zero-order chi connectivity index (χ0) is 26.4. The van der Waals surface area contributed by atoms with Crippen LogP contribution in [0.1, 0.15) is 31.8 Å². The van der Waals surface area contributed by atoms with Gasteiger partial charge in [-0.2, -0.15) is 0 Å². The van der Waals surface area contributed by atoms with Gasteiger partial charge < -0.3 is 4.98 Å². The normalized spacial score (nSPS) is 10.9. The number of nitrogens with one attached hydrogen (secondary N) is 1. The van der Waals surface area contributed by atoms with Crippen molar-refractivity contribution in [3.05, 3.63) is 120 Å². The van der Waals surface area contributed by atoms with Crippen LogP contribution < -0.4 is 0 Å². The molecule has 0 fully saturated rings. The van der Waals surface area contributed by atoms with Crippen LogP contribution in [0.4, 0.5) is 0 Å². The molecule has 0 aliphatic rings. The number of rotatable bonds is 6. The average Bonchev–Trinajstić information content (AvgIpc) is 3.58. The van der Waals surface area contributed by atoms with Crippen molar-refractivity contribution in [1.82, 2.24) is 13.9 Å². The Morgan fingerprint density at radius 3 is 2.03 bits per heavy atom. The second-order valence-electron chi connectivity index (χ2n) is 8.36. The van der Waals surface area contributed by atoms with Crippen molar-refractivity contribution in [2.75, 3.05) is 0 Å². The van der Waals surface area contributed by atoms with Gasteiger partial charge >= 0.3 is 0 Å². The van der Waals surface area contributed by atoms with Gasteiger partial charge in [0.2, 0.25) is 0 Å². The highest BCUT2D eigenvalue weighted by molar-refractivity contribution is 7.90. The molecule has 0 saturated carbocycles. The average molecular weight is 512 g/mol. The number of carbonyl (C=O) groups excluding carboxylic acids is 2. The maximum atomic E-state index is 12.9. The lowest BCUT2D eigenvalue weighted by Crippen LogP contribution is -2.13. The fraction of sp³-hybridized carbons (Fsp3) is 0.0690. The van der Waals surface area contributed by atoms with Gasteiger partial charge in [-0.3, -0.25) is 14.6 Å². The molecule has 0 bridgehead atoms. The maximum absolute atomic E-state index is 12.9. The minimum absolute atomic E-state index is 0.0721. The molecule has 2 aromatic carbocycles. The highest BCUT2D eigenvalue weighted by Gasteiger charge is 2.22. The number of hydrogen-bond donors (Lipinski definition) is 1. The number of aromatic nitrogens is 3. The summed E-state index contributed by atoms with van der Waals surface area (Å²) in [5.74, 6) is 0. The van der Waals surface area contributed by atoms with Crippen LogP contribution in [0, 0.1) is 13.8 Å². The minimum Gasteiger partial charge on any atom is -0.360 e. The van der Waals surface area contributed by atoms with Crippen molar-refractivity contribution in [3.8, 4) is 22.5 Å². The number of nitrogens with zero attached hydrogens (tertiary/aromatic N) is 2. The smallest absolute Gasteiger partial charge is 0.269 e. The Balaban J connectivity index is 0.000000195. The van der Waals surface area contributed by atoms with E-state index < -0.39 is 10.0 Å². The monoisotopic (exact) mass is 511 g/mol. The first-order chi connectivity index (χ1) is 17.8. The third-order valence-corrected chi connectivity index (χ3v) is 7.49. The predicted octanol–water partition coefficient (Wildman–Crippen LogP) is 5.71. The van der Waals surface area contributed by atoms with Crippen molar-refractivity contribution in [3.63, 3.8) is 0 Å². The Bertz CT molecular complexity index is 1650. The third kappa shape index (κ3) is 5.49. The van der Waals surface area contributed by atoms with E-state index in [1.807, 2.05) is 55.5 Å². The van der Waals surface area contributed by atoms with Crippen LogP contribution >= 0.6 is 0 Å². The molecular weight excluding hydrogens is 486 g/mol. The lowest BCUT2D eigenvalue weighted by molar-refractivity contribution is 0.111. The molecule has 3 heterocycles. The van der Waals surface area contributed by atoms with Crippen LogP contribution in [0.25, 0.3) is 22.5 Å². The number of hydrogen-bond acceptors (Lipinski definition) is 5. The Morgan fingerprint density at radius 2 is 1.46 bits per heavy atom. The fourth-order valence-electron chi connectivity index (χ4n) is 3.91. The standard InChI is InChI=1S/C17H14N2O3S.C12H11NO/c1-13-5-2-3-7-16(13)17-9-14(12-20)11-19(17)23(21,22)15-6-4-8-18-10-15;1-9-4-2-3-5-11(9)12-6-10(8-14)7-13-12/h2-12H,1H3;2-8,13H,1H3. The van der Waals surface area contributed by atoms with E-state index in [1.165, 1.54) is 30.2 Å². The summed E-state index contributed by atoms with van der Waals surface area (Å²) in [5.41, 5.74) is 6.45. The van der Waals surface area contributed by atoms with Gasteiger partial charge in [0.25, 0.3) is 10.0 Å². The van der Waals surface area contributed by atoms with Gasteiger partial charge in [0.15, 0.2) is 12.6 Å². The number of carbonyl (C=O) groups is 2. The zero-order valence-electron chi connectivity index (χ0n) is 20.3. The minimum atomic E-state index is -3.83. The van der Waals surface area contributed by atoms with Crippen LogP contribution in [0.5, 0.6) is 0 Å². The molecule has 8 heteroatoms. The highest BCUT2D eigenvalue weighted by Crippen LogP contribution is 2.28. The Hall–Kier alpha value is -4.56. The van der Waals surface area contributed by atoms with Crippen molar-refractivity contribution in [2.45, 2.75) is 18.7 Å². The van der Waals surface area contributed by atoms with E-state index in [9.17, 15) is 18.0 Å². The molecule has 186 valence electrons. The number of aryl methyl sites for hydroxylation is 2. The quantitative estimate of drug-likeness (QED) is 0.294. The van der Waals surface area contributed by atoms with E-state index in [-0.39, 0.29) is 4.90 Å². The number of H-pyrrole nitrogens is 1. The molecule has 0 amide bonds. The van der Waals surface area contributed by atoms with E-state index in [0.717, 1.165) is 32.6 Å². The maximum Gasteiger partial charge on any atom is 0.269 e. The largest absolute Gasteiger partial charge is 0.360 e. The second kappa shape index (κ2) is 11.0. The van der Waals surface area contributed by atoms with Gasteiger partial charge in [-0.25, -0.2) is 12.4 Å². The van der Waals surface area contributed by atoms with Crippen molar-refractivity contribution in [1.29, 1.82) is 0 Å². The second-order valence-corrected chi connectivity index (χ2v) is 10.2. The molecule has 3 aromatic heterocycles. The Kier molecular flexibility index (Phi) is 7.60. The molecule has 5 rings (SSSR count). The van der Waals surface area contributed by atoms with Gasteiger partial charge in [-0.1, -0.05) is 48.5 Å². The van der Waals surface area contributed by atoms with Gasteiger partial charge in [0.05, 0.1) is 5.69 Å². The fourth-order valence-corrected chi connectivity index (χ4v) is 5.25. The van der Waals surface area contributed by atoms with Crippen LogP contribution in [0.15, 0.2) is 102 Å². The molecule has 0 aliphatic heterocycles. The van der Waals surface area contributed by atoms with Gasteiger partial charge in [0, 0.05) is 52.7 Å². The third-order valence-electron chi connectivity index (χ3n) is 5.83. The van der Waals surface area contributed by atoms with E-state index in [2.05, 4.69) is 23.0 Å². The zero-order valence-corrected chi connectivity index (χ0v) is 21.1. The topological polar surface area (TPSA) is 102 Å². The lowest BCUT2D eigenvalue weighted by atomic mass is 10.1. The molecule has 0 unspecified atom stereocenters. The number of benzene rings is 2. The van der Waals surface area contributed by atoms with Crippen LogP contribution in [-0.4, -0.2) is 34.9 Å². The molecule has 0 aliphatic carbocycles. The van der Waals surface area contributed by atoms with E-state index in [4.69, 9.17) is 0 Å². The van der Waals surface area contributed by atoms with Gasteiger partial charge in [-0.05, 0) is 49.2 Å². The Labute approximate surface area is 215 Å². The van der Waals surface area contributed by atoms with Crippen LogP contribution in [-0.2, 0) is 10.0 Å². The molecule has 7 nitrogen and oxygen atoms in total. The molecular formula is C29H25N3O4S. The first-order valence-corrected chi connectivity index (χ1v) is 12.9. The van der Waals surface area contributed by atoms with Crippen LogP contribution in [0.3, 0.4) is 0 Å². The highest BCUT2D eigenvalue weighted by atomic mass is 32.2. The summed E-state index contributed by atoms with van der Waals surface area (Å²) in [5, 5.41) is 0. The molecule has 0 saturated heterocycles. The summed E-state index contributed by atoms with van der Waals surface area (Å²) in [6, 6.07) is 22.0. The summed E-state index contributed by atoms with van der Waals surface area (Å²) in [6.07, 6.45) is 7.33. The number of pyridine rings is 1. The predicted molar refractivity (Wildman–Crippen MR) is 143 cm³/mol.